The molecule has 150 valence electrons. The SMILES string of the molecule is COc1cccc(O[C@@H](C)C(=O)N2CCN(S(=O)(=O)c3ccccc3)CC2)c1. The number of methoxy groups -OCH3 is 1. The van der Waals surface area contributed by atoms with Crippen molar-refractivity contribution >= 4 is 15.9 Å². The Morgan fingerprint density at radius 1 is 0.964 bits per heavy atom. The molecule has 1 saturated heterocycles. The van der Waals surface area contributed by atoms with Crippen molar-refractivity contribution in [2.75, 3.05) is 33.3 Å². The van der Waals surface area contributed by atoms with Crippen LogP contribution in [-0.2, 0) is 14.8 Å². The lowest BCUT2D eigenvalue weighted by atomic mass is 10.2. The first-order valence-electron chi connectivity index (χ1n) is 9.06. The van der Waals surface area contributed by atoms with Gasteiger partial charge in [0, 0.05) is 32.2 Å². The van der Waals surface area contributed by atoms with Gasteiger partial charge in [-0.05, 0) is 31.2 Å². The Kier molecular flexibility index (Phi) is 6.21. The first-order chi connectivity index (χ1) is 13.4. The van der Waals surface area contributed by atoms with Crippen molar-refractivity contribution in [3.05, 3.63) is 54.6 Å². The van der Waals surface area contributed by atoms with Crippen LogP contribution in [0.1, 0.15) is 6.92 Å². The van der Waals surface area contributed by atoms with Gasteiger partial charge in [0.15, 0.2) is 6.10 Å². The molecule has 0 N–H and O–H groups in total. The smallest absolute Gasteiger partial charge is 0.263 e. The van der Waals surface area contributed by atoms with E-state index in [1.165, 1.54) is 4.31 Å². The summed E-state index contributed by atoms with van der Waals surface area (Å²) in [5.74, 6) is 1.03. The molecular formula is C20H24N2O5S. The number of sulfonamides is 1. The highest BCUT2D eigenvalue weighted by molar-refractivity contribution is 7.89. The van der Waals surface area contributed by atoms with Gasteiger partial charge in [-0.25, -0.2) is 8.42 Å². The van der Waals surface area contributed by atoms with Crippen LogP contribution in [0.2, 0.25) is 0 Å². The van der Waals surface area contributed by atoms with Crippen molar-refractivity contribution in [1.82, 2.24) is 9.21 Å². The van der Waals surface area contributed by atoms with Crippen LogP contribution in [0.15, 0.2) is 59.5 Å². The molecule has 0 aliphatic carbocycles. The van der Waals surface area contributed by atoms with E-state index in [0.717, 1.165) is 0 Å². The largest absolute Gasteiger partial charge is 0.497 e. The molecule has 0 aromatic heterocycles. The van der Waals surface area contributed by atoms with E-state index < -0.39 is 16.1 Å². The van der Waals surface area contributed by atoms with Gasteiger partial charge in [-0.15, -0.1) is 0 Å². The Hall–Kier alpha value is -2.58. The maximum atomic E-state index is 12.7. The van der Waals surface area contributed by atoms with Gasteiger partial charge in [-0.2, -0.15) is 4.31 Å². The predicted octanol–water partition coefficient (Wildman–Crippen LogP) is 2.00. The number of ether oxygens (including phenoxy) is 2. The average Bonchev–Trinajstić information content (AvgIpc) is 2.74. The van der Waals surface area contributed by atoms with Gasteiger partial charge in [0.2, 0.25) is 10.0 Å². The lowest BCUT2D eigenvalue weighted by molar-refractivity contribution is -0.139. The van der Waals surface area contributed by atoms with E-state index in [1.807, 2.05) is 0 Å². The minimum atomic E-state index is -3.54. The Labute approximate surface area is 165 Å². The monoisotopic (exact) mass is 404 g/mol. The molecule has 1 aliphatic rings. The van der Waals surface area contributed by atoms with Crippen molar-refractivity contribution in [3.8, 4) is 11.5 Å². The first-order valence-corrected chi connectivity index (χ1v) is 10.5. The first kappa shape index (κ1) is 20.2. The number of hydrogen-bond acceptors (Lipinski definition) is 5. The van der Waals surface area contributed by atoms with Gasteiger partial charge in [0.05, 0.1) is 12.0 Å². The zero-order valence-corrected chi connectivity index (χ0v) is 16.8. The zero-order chi connectivity index (χ0) is 20.1. The van der Waals surface area contributed by atoms with Crippen LogP contribution in [0.4, 0.5) is 0 Å². The number of hydrogen-bond donors (Lipinski definition) is 0. The molecule has 1 atom stereocenters. The molecule has 7 nitrogen and oxygen atoms in total. The molecular weight excluding hydrogens is 380 g/mol. The second kappa shape index (κ2) is 8.62. The standard InChI is InChI=1S/C20H24N2O5S/c1-16(27-18-8-6-7-17(15-18)26-2)20(23)21-11-13-22(14-12-21)28(24,25)19-9-4-3-5-10-19/h3-10,15-16H,11-14H2,1-2H3/t16-/m0/s1. The molecule has 3 rings (SSSR count). The summed E-state index contributed by atoms with van der Waals surface area (Å²) in [6.45, 7) is 2.87. The summed E-state index contributed by atoms with van der Waals surface area (Å²) in [6.07, 6.45) is -0.676. The van der Waals surface area contributed by atoms with Crippen LogP contribution in [0.5, 0.6) is 11.5 Å². The van der Waals surface area contributed by atoms with Gasteiger partial charge in [-0.1, -0.05) is 24.3 Å². The predicted molar refractivity (Wildman–Crippen MR) is 105 cm³/mol. The van der Waals surface area contributed by atoms with E-state index in [2.05, 4.69) is 0 Å². The maximum Gasteiger partial charge on any atom is 0.263 e. The molecule has 1 amide bonds. The van der Waals surface area contributed by atoms with Crippen molar-refractivity contribution in [3.63, 3.8) is 0 Å². The fraction of sp³-hybridized carbons (Fsp3) is 0.350. The molecule has 0 saturated carbocycles. The highest BCUT2D eigenvalue weighted by Gasteiger charge is 2.31. The Morgan fingerprint density at radius 2 is 1.61 bits per heavy atom. The van der Waals surface area contributed by atoms with E-state index in [0.29, 0.717) is 24.6 Å². The summed E-state index contributed by atoms with van der Waals surface area (Å²) < 4.78 is 37.7. The average molecular weight is 404 g/mol. The molecule has 28 heavy (non-hydrogen) atoms. The van der Waals surface area contributed by atoms with Crippen molar-refractivity contribution in [2.24, 2.45) is 0 Å². The van der Waals surface area contributed by atoms with E-state index in [1.54, 1.807) is 73.5 Å². The lowest BCUT2D eigenvalue weighted by Gasteiger charge is -2.35. The normalized spacial score (nSPS) is 16.4. The maximum absolute atomic E-state index is 12.7. The molecule has 0 bridgehead atoms. The summed E-state index contributed by atoms with van der Waals surface area (Å²) in [6, 6.07) is 15.4. The second-order valence-electron chi connectivity index (χ2n) is 6.48. The van der Waals surface area contributed by atoms with E-state index in [4.69, 9.17) is 9.47 Å². The number of carbonyl (C=O) groups excluding carboxylic acids is 1. The van der Waals surface area contributed by atoms with E-state index in [9.17, 15) is 13.2 Å². The number of piperazine rings is 1. The number of benzene rings is 2. The van der Waals surface area contributed by atoms with Crippen LogP contribution in [0, 0.1) is 0 Å². The van der Waals surface area contributed by atoms with Crippen molar-refractivity contribution in [2.45, 2.75) is 17.9 Å². The minimum absolute atomic E-state index is 0.167. The fourth-order valence-corrected chi connectivity index (χ4v) is 4.52. The van der Waals surface area contributed by atoms with Crippen LogP contribution in [-0.4, -0.2) is 62.9 Å². The molecule has 1 heterocycles. The molecule has 1 fully saturated rings. The minimum Gasteiger partial charge on any atom is -0.497 e. The fourth-order valence-electron chi connectivity index (χ4n) is 3.08. The quantitative estimate of drug-likeness (QED) is 0.736. The molecule has 2 aromatic rings. The second-order valence-corrected chi connectivity index (χ2v) is 8.42. The molecule has 8 heteroatoms. The van der Waals surface area contributed by atoms with Gasteiger partial charge in [0.1, 0.15) is 11.5 Å². The van der Waals surface area contributed by atoms with E-state index >= 15 is 0 Å². The summed E-state index contributed by atoms with van der Waals surface area (Å²) in [5, 5.41) is 0. The third-order valence-corrected chi connectivity index (χ3v) is 6.55. The third-order valence-electron chi connectivity index (χ3n) is 4.63. The molecule has 0 unspecified atom stereocenters. The highest BCUT2D eigenvalue weighted by Crippen LogP contribution is 2.21. The Balaban J connectivity index is 1.59. The van der Waals surface area contributed by atoms with Crippen LogP contribution >= 0.6 is 0 Å². The zero-order valence-electron chi connectivity index (χ0n) is 15.9. The van der Waals surface area contributed by atoms with E-state index in [-0.39, 0.29) is 23.9 Å². The van der Waals surface area contributed by atoms with Crippen LogP contribution in [0.25, 0.3) is 0 Å². The summed E-state index contributed by atoms with van der Waals surface area (Å²) in [7, 11) is -1.97. The molecule has 1 aliphatic heterocycles. The summed E-state index contributed by atoms with van der Waals surface area (Å²) in [4.78, 5) is 14.6. The Morgan fingerprint density at radius 3 is 2.25 bits per heavy atom. The van der Waals surface area contributed by atoms with Gasteiger partial charge in [0.25, 0.3) is 5.91 Å². The number of amides is 1. The van der Waals surface area contributed by atoms with Gasteiger partial charge >= 0.3 is 0 Å². The van der Waals surface area contributed by atoms with Gasteiger partial charge < -0.3 is 14.4 Å². The molecule has 0 radical (unpaired) electrons. The third kappa shape index (κ3) is 4.45. The topological polar surface area (TPSA) is 76.2 Å². The van der Waals surface area contributed by atoms with Crippen molar-refractivity contribution in [1.29, 1.82) is 0 Å². The summed E-state index contributed by atoms with van der Waals surface area (Å²) >= 11 is 0. The van der Waals surface area contributed by atoms with Crippen LogP contribution in [0.3, 0.4) is 0 Å². The number of rotatable bonds is 6. The highest BCUT2D eigenvalue weighted by atomic mass is 32.2. The summed E-state index contributed by atoms with van der Waals surface area (Å²) in [5.41, 5.74) is 0. The Bertz CT molecular complexity index is 909. The molecule has 0 spiro atoms. The van der Waals surface area contributed by atoms with Crippen LogP contribution < -0.4 is 9.47 Å². The number of carbonyl (C=O) groups is 1. The van der Waals surface area contributed by atoms with Gasteiger partial charge in [-0.3, -0.25) is 4.79 Å². The lowest BCUT2D eigenvalue weighted by Crippen LogP contribution is -2.53. The van der Waals surface area contributed by atoms with Crippen molar-refractivity contribution < 1.29 is 22.7 Å². The number of nitrogens with zero attached hydrogens (tertiary/aromatic N) is 2. The molecule has 2 aromatic carbocycles.